The number of nitrogens with zero attached hydrogens (tertiary/aromatic N) is 1. The molecule has 0 saturated carbocycles. The number of amides is 2. The molecular formula is C11H18N2O5S. The van der Waals surface area contributed by atoms with E-state index in [1.807, 2.05) is 0 Å². The molecule has 8 heteroatoms. The summed E-state index contributed by atoms with van der Waals surface area (Å²) in [5.41, 5.74) is 0. The minimum Gasteiger partial charge on any atom is -0.481 e. The Kier molecular flexibility index (Phi) is 4.93. The molecule has 2 amide bonds. The predicted molar refractivity (Wildman–Crippen MR) is 69.3 cm³/mol. The molecule has 2 atom stereocenters. The van der Waals surface area contributed by atoms with Crippen molar-refractivity contribution in [2.45, 2.75) is 32.4 Å². The van der Waals surface area contributed by atoms with Gasteiger partial charge in [-0.2, -0.15) is 0 Å². The number of aliphatic carboxylic acids is 1. The summed E-state index contributed by atoms with van der Waals surface area (Å²) in [6, 6.07) is -1.46. The van der Waals surface area contributed by atoms with E-state index in [0.29, 0.717) is 6.54 Å². The molecule has 1 heterocycles. The van der Waals surface area contributed by atoms with Gasteiger partial charge in [-0.05, 0) is 19.9 Å². The first-order chi connectivity index (χ1) is 8.75. The molecule has 108 valence electrons. The van der Waals surface area contributed by atoms with Gasteiger partial charge in [0.05, 0.1) is 18.2 Å². The normalized spacial score (nSPS) is 21.9. The Morgan fingerprint density at radius 3 is 2.58 bits per heavy atom. The van der Waals surface area contributed by atoms with Crippen molar-refractivity contribution < 1.29 is 23.1 Å². The lowest BCUT2D eigenvalue weighted by atomic mass is 10.2. The molecule has 0 bridgehead atoms. The lowest BCUT2D eigenvalue weighted by Gasteiger charge is -2.28. The molecule has 0 aliphatic carbocycles. The number of hydrogen-bond acceptors (Lipinski definition) is 4. The summed E-state index contributed by atoms with van der Waals surface area (Å²) in [6.07, 6.45) is 1.27. The van der Waals surface area contributed by atoms with Crippen molar-refractivity contribution in [1.82, 2.24) is 10.2 Å². The first-order valence-corrected chi connectivity index (χ1v) is 7.66. The highest BCUT2D eigenvalue weighted by Crippen LogP contribution is 2.10. The fourth-order valence-electron chi connectivity index (χ4n) is 1.93. The SMILES string of the molecule is CCN(C(=O)NC1C=CS(=O)(=O)C1)C(C)CC(=O)O. The average Bonchev–Trinajstić information content (AvgIpc) is 2.57. The minimum absolute atomic E-state index is 0.149. The van der Waals surface area contributed by atoms with Crippen molar-refractivity contribution in [2.24, 2.45) is 0 Å². The number of nitrogens with one attached hydrogen (secondary N) is 1. The summed E-state index contributed by atoms with van der Waals surface area (Å²) in [5.74, 6) is -1.13. The lowest BCUT2D eigenvalue weighted by Crippen LogP contribution is -2.49. The van der Waals surface area contributed by atoms with Crippen LogP contribution < -0.4 is 5.32 Å². The molecule has 1 aliphatic heterocycles. The molecule has 2 N–H and O–H groups in total. The van der Waals surface area contributed by atoms with Crippen LogP contribution in [-0.2, 0) is 14.6 Å². The molecule has 0 radical (unpaired) electrons. The van der Waals surface area contributed by atoms with Crippen LogP contribution in [-0.4, -0.2) is 54.8 Å². The van der Waals surface area contributed by atoms with Gasteiger partial charge in [0, 0.05) is 18.0 Å². The van der Waals surface area contributed by atoms with Gasteiger partial charge in [-0.15, -0.1) is 0 Å². The largest absolute Gasteiger partial charge is 0.481 e. The molecule has 0 fully saturated rings. The Labute approximate surface area is 112 Å². The molecule has 0 aromatic carbocycles. The fourth-order valence-corrected chi connectivity index (χ4v) is 3.16. The molecule has 7 nitrogen and oxygen atoms in total. The van der Waals surface area contributed by atoms with Crippen LogP contribution in [0.1, 0.15) is 20.3 Å². The predicted octanol–water partition coefficient (Wildman–Crippen LogP) is 0.192. The van der Waals surface area contributed by atoms with E-state index in [0.717, 1.165) is 5.41 Å². The Morgan fingerprint density at radius 1 is 1.53 bits per heavy atom. The van der Waals surface area contributed by atoms with Crippen molar-refractivity contribution in [3.63, 3.8) is 0 Å². The van der Waals surface area contributed by atoms with Gasteiger partial charge in [0.2, 0.25) is 0 Å². The van der Waals surface area contributed by atoms with E-state index in [4.69, 9.17) is 5.11 Å². The van der Waals surface area contributed by atoms with E-state index in [2.05, 4.69) is 5.32 Å². The maximum atomic E-state index is 12.0. The number of carbonyl (C=O) groups is 2. The monoisotopic (exact) mass is 290 g/mol. The van der Waals surface area contributed by atoms with E-state index in [1.165, 1.54) is 11.0 Å². The van der Waals surface area contributed by atoms with Gasteiger partial charge in [-0.3, -0.25) is 4.79 Å². The highest BCUT2D eigenvalue weighted by Gasteiger charge is 2.26. The highest BCUT2D eigenvalue weighted by molar-refractivity contribution is 7.94. The van der Waals surface area contributed by atoms with Crippen molar-refractivity contribution in [3.8, 4) is 0 Å². The van der Waals surface area contributed by atoms with Crippen LogP contribution in [0.25, 0.3) is 0 Å². The molecule has 0 spiro atoms. The van der Waals surface area contributed by atoms with E-state index in [-0.39, 0.29) is 12.2 Å². The number of hydrogen-bond donors (Lipinski definition) is 2. The molecule has 0 aromatic rings. The zero-order valence-corrected chi connectivity index (χ0v) is 11.7. The smallest absolute Gasteiger partial charge is 0.318 e. The zero-order chi connectivity index (χ0) is 14.6. The van der Waals surface area contributed by atoms with Crippen LogP contribution in [0.5, 0.6) is 0 Å². The maximum absolute atomic E-state index is 12.0. The first kappa shape index (κ1) is 15.5. The topological polar surface area (TPSA) is 104 Å². The fraction of sp³-hybridized carbons (Fsp3) is 0.636. The molecule has 1 rings (SSSR count). The van der Waals surface area contributed by atoms with Crippen molar-refractivity contribution in [2.75, 3.05) is 12.3 Å². The van der Waals surface area contributed by atoms with Gasteiger partial charge in [0.25, 0.3) is 0 Å². The first-order valence-electron chi connectivity index (χ1n) is 5.95. The van der Waals surface area contributed by atoms with Crippen LogP contribution in [0, 0.1) is 0 Å². The summed E-state index contributed by atoms with van der Waals surface area (Å²) >= 11 is 0. The van der Waals surface area contributed by atoms with Crippen LogP contribution in [0.2, 0.25) is 0 Å². The molecule has 2 unspecified atom stereocenters. The summed E-state index contributed by atoms with van der Waals surface area (Å²) in [5, 5.41) is 12.4. The number of carbonyl (C=O) groups excluding carboxylic acids is 1. The van der Waals surface area contributed by atoms with Gasteiger partial charge in [0.15, 0.2) is 9.84 Å². The van der Waals surface area contributed by atoms with Gasteiger partial charge in [0.1, 0.15) is 0 Å². The standard InChI is InChI=1S/C11H18N2O5S/c1-3-13(8(2)6-10(14)15)11(16)12-9-4-5-19(17,18)7-9/h4-5,8-9H,3,6-7H2,1-2H3,(H,12,16)(H,14,15). The summed E-state index contributed by atoms with van der Waals surface area (Å²) in [4.78, 5) is 24.0. The minimum atomic E-state index is -3.22. The summed E-state index contributed by atoms with van der Waals surface area (Å²) < 4.78 is 22.4. The van der Waals surface area contributed by atoms with Crippen LogP contribution in [0.3, 0.4) is 0 Å². The Morgan fingerprint density at radius 2 is 2.16 bits per heavy atom. The number of carboxylic acids is 1. The third kappa shape index (κ3) is 4.55. The maximum Gasteiger partial charge on any atom is 0.318 e. The number of urea groups is 1. The number of rotatable bonds is 5. The van der Waals surface area contributed by atoms with Crippen LogP contribution in [0.4, 0.5) is 4.79 Å². The van der Waals surface area contributed by atoms with Gasteiger partial charge in [-0.25, -0.2) is 13.2 Å². The third-order valence-electron chi connectivity index (χ3n) is 2.84. The lowest BCUT2D eigenvalue weighted by molar-refractivity contribution is -0.138. The van der Waals surface area contributed by atoms with E-state index >= 15 is 0 Å². The Balaban J connectivity index is 2.60. The molecule has 19 heavy (non-hydrogen) atoms. The quantitative estimate of drug-likeness (QED) is 0.752. The molecule has 0 aromatic heterocycles. The molecular weight excluding hydrogens is 272 g/mol. The Hall–Kier alpha value is -1.57. The summed E-state index contributed by atoms with van der Waals surface area (Å²) in [6.45, 7) is 3.72. The van der Waals surface area contributed by atoms with Crippen LogP contribution in [0.15, 0.2) is 11.5 Å². The van der Waals surface area contributed by atoms with Crippen LogP contribution >= 0.6 is 0 Å². The second-order valence-electron chi connectivity index (χ2n) is 4.45. The van der Waals surface area contributed by atoms with Gasteiger partial charge in [-0.1, -0.05) is 0 Å². The highest BCUT2D eigenvalue weighted by atomic mass is 32.2. The average molecular weight is 290 g/mol. The van der Waals surface area contributed by atoms with E-state index in [1.54, 1.807) is 13.8 Å². The molecule has 1 aliphatic rings. The van der Waals surface area contributed by atoms with Gasteiger partial charge >= 0.3 is 12.0 Å². The number of carboxylic acid groups (broad SMARTS) is 1. The van der Waals surface area contributed by atoms with Crippen molar-refractivity contribution >= 4 is 21.8 Å². The second-order valence-corrected chi connectivity index (χ2v) is 6.38. The zero-order valence-electron chi connectivity index (χ0n) is 10.9. The van der Waals surface area contributed by atoms with E-state index < -0.39 is 33.9 Å². The second kappa shape index (κ2) is 6.05. The summed E-state index contributed by atoms with van der Waals surface area (Å²) in [7, 11) is -3.22. The van der Waals surface area contributed by atoms with Crippen molar-refractivity contribution in [3.05, 3.63) is 11.5 Å². The van der Waals surface area contributed by atoms with E-state index in [9.17, 15) is 18.0 Å². The number of sulfone groups is 1. The van der Waals surface area contributed by atoms with Gasteiger partial charge < -0.3 is 15.3 Å². The Bertz CT molecular complexity index is 485. The third-order valence-corrected chi connectivity index (χ3v) is 4.24. The molecule has 0 saturated heterocycles. The van der Waals surface area contributed by atoms with Crippen molar-refractivity contribution in [1.29, 1.82) is 0 Å².